The van der Waals surface area contributed by atoms with E-state index in [0.29, 0.717) is 30.0 Å². The quantitative estimate of drug-likeness (QED) is 0.390. The molecule has 3 aromatic carbocycles. The average molecular weight is 483 g/mol. The van der Waals surface area contributed by atoms with Gasteiger partial charge < -0.3 is 18.9 Å². The van der Waals surface area contributed by atoms with Gasteiger partial charge in [0, 0.05) is 24.3 Å². The molecule has 0 N–H and O–H groups in total. The number of hydrogen-bond donors (Lipinski definition) is 0. The smallest absolute Gasteiger partial charge is 0.432 e. The topological polar surface area (TPSA) is 60.7 Å². The third-order valence-corrected chi connectivity index (χ3v) is 4.71. The Labute approximate surface area is 189 Å². The van der Waals surface area contributed by atoms with Crippen molar-refractivity contribution >= 4 is 0 Å². The van der Waals surface area contributed by atoms with Crippen molar-refractivity contribution in [3.63, 3.8) is 0 Å². The van der Waals surface area contributed by atoms with E-state index in [4.69, 9.17) is 19.5 Å². The molecule has 0 aromatic heterocycles. The molecular weight excluding hydrogens is 468 g/mol. The van der Waals surface area contributed by atoms with E-state index in [-0.39, 0.29) is 22.6 Å². The van der Waals surface area contributed by atoms with Crippen molar-refractivity contribution < 1.29 is 45.3 Å². The fraction of sp³-hybridized carbons (Fsp3) is 0.174. The van der Waals surface area contributed by atoms with Crippen molar-refractivity contribution in [2.75, 3.05) is 21.3 Å². The molecule has 5 nitrogen and oxygen atoms in total. The number of benzene rings is 3. The minimum Gasteiger partial charge on any atom is -0.496 e. The van der Waals surface area contributed by atoms with Crippen LogP contribution in [0.4, 0.5) is 26.3 Å². The van der Waals surface area contributed by atoms with E-state index in [1.54, 1.807) is 0 Å². The van der Waals surface area contributed by atoms with Crippen molar-refractivity contribution in [2.45, 2.75) is 6.11 Å². The number of nitriles is 1. The standard InChI is InChI=1S/C23H15F6NO4/c1-31-12-8-19(32-2)21(20(9-12)33-3)11-4-17(26)22(18(27)5-11)23(28,29)34-13-6-15(24)14(10-30)16(25)7-13/h4-9H,1-3H3. The zero-order valence-electron chi connectivity index (χ0n) is 17.8. The Kier molecular flexibility index (Phi) is 6.81. The number of ether oxygens (including phenoxy) is 4. The fourth-order valence-electron chi connectivity index (χ4n) is 3.20. The number of hydrogen-bond acceptors (Lipinski definition) is 5. The van der Waals surface area contributed by atoms with Gasteiger partial charge in [-0.15, -0.1) is 0 Å². The van der Waals surface area contributed by atoms with Gasteiger partial charge in [-0.3, -0.25) is 0 Å². The lowest BCUT2D eigenvalue weighted by molar-refractivity contribution is -0.189. The molecular formula is C23H15F6NO4. The Morgan fingerprint density at radius 2 is 1.21 bits per heavy atom. The molecule has 0 unspecified atom stereocenters. The molecule has 34 heavy (non-hydrogen) atoms. The van der Waals surface area contributed by atoms with E-state index in [0.717, 1.165) is 0 Å². The molecule has 0 bridgehead atoms. The number of alkyl halides is 2. The molecule has 0 aliphatic carbocycles. The van der Waals surface area contributed by atoms with Gasteiger partial charge in [-0.1, -0.05) is 0 Å². The van der Waals surface area contributed by atoms with Crippen LogP contribution in [-0.2, 0) is 6.11 Å². The largest absolute Gasteiger partial charge is 0.496 e. The third-order valence-electron chi connectivity index (χ3n) is 4.71. The van der Waals surface area contributed by atoms with Crippen molar-refractivity contribution in [3.05, 3.63) is 70.8 Å². The van der Waals surface area contributed by atoms with E-state index >= 15 is 0 Å². The summed E-state index contributed by atoms with van der Waals surface area (Å²) in [5, 5.41) is 8.65. The van der Waals surface area contributed by atoms with Crippen molar-refractivity contribution in [3.8, 4) is 40.2 Å². The Morgan fingerprint density at radius 1 is 0.706 bits per heavy atom. The van der Waals surface area contributed by atoms with Crippen LogP contribution in [-0.4, -0.2) is 21.3 Å². The summed E-state index contributed by atoms with van der Waals surface area (Å²) in [5.41, 5.74) is -2.98. The minimum absolute atomic E-state index is 0.0515. The molecule has 0 spiro atoms. The van der Waals surface area contributed by atoms with Crippen LogP contribution in [0.5, 0.6) is 23.0 Å². The van der Waals surface area contributed by atoms with Crippen molar-refractivity contribution in [1.82, 2.24) is 0 Å². The highest BCUT2D eigenvalue weighted by molar-refractivity contribution is 5.78. The van der Waals surface area contributed by atoms with E-state index in [1.165, 1.54) is 39.5 Å². The minimum atomic E-state index is -4.67. The number of halogens is 6. The monoisotopic (exact) mass is 483 g/mol. The molecule has 3 aromatic rings. The summed E-state index contributed by atoms with van der Waals surface area (Å²) in [5.74, 6) is -7.02. The molecule has 0 aliphatic rings. The Morgan fingerprint density at radius 3 is 1.62 bits per heavy atom. The summed E-state index contributed by atoms with van der Waals surface area (Å²) in [7, 11) is 3.92. The number of methoxy groups -OCH3 is 3. The van der Waals surface area contributed by atoms with Crippen LogP contribution >= 0.6 is 0 Å². The van der Waals surface area contributed by atoms with Gasteiger partial charge in [-0.2, -0.15) is 14.0 Å². The Hall–Kier alpha value is -4.07. The highest BCUT2D eigenvalue weighted by Crippen LogP contribution is 2.44. The Balaban J connectivity index is 2.08. The molecule has 0 amide bonds. The lowest BCUT2D eigenvalue weighted by Crippen LogP contribution is -2.25. The molecule has 11 heteroatoms. The summed E-state index contributed by atoms with van der Waals surface area (Å²) in [6.07, 6.45) is -4.67. The first-order valence-corrected chi connectivity index (χ1v) is 9.32. The van der Waals surface area contributed by atoms with Crippen LogP contribution in [0.15, 0.2) is 36.4 Å². The fourth-order valence-corrected chi connectivity index (χ4v) is 3.20. The summed E-state index contributed by atoms with van der Waals surface area (Å²) in [4.78, 5) is 0. The summed E-state index contributed by atoms with van der Waals surface area (Å²) in [6, 6.07) is 5.80. The molecule has 178 valence electrons. The van der Waals surface area contributed by atoms with Gasteiger partial charge in [0.1, 0.15) is 63.5 Å². The van der Waals surface area contributed by atoms with E-state index in [9.17, 15) is 26.3 Å². The summed E-state index contributed by atoms with van der Waals surface area (Å²) >= 11 is 0. The maximum atomic E-state index is 14.8. The van der Waals surface area contributed by atoms with Crippen LogP contribution in [0.1, 0.15) is 11.1 Å². The first-order valence-electron chi connectivity index (χ1n) is 9.32. The van der Waals surface area contributed by atoms with Crippen LogP contribution in [0, 0.1) is 34.6 Å². The average Bonchev–Trinajstić information content (AvgIpc) is 2.76. The van der Waals surface area contributed by atoms with Crippen LogP contribution in [0.2, 0.25) is 0 Å². The van der Waals surface area contributed by atoms with Crippen molar-refractivity contribution in [2.24, 2.45) is 0 Å². The van der Waals surface area contributed by atoms with Crippen LogP contribution in [0.3, 0.4) is 0 Å². The van der Waals surface area contributed by atoms with Crippen LogP contribution in [0.25, 0.3) is 11.1 Å². The molecule has 3 rings (SSSR count). The molecule has 0 heterocycles. The maximum absolute atomic E-state index is 14.8. The van der Waals surface area contributed by atoms with E-state index in [2.05, 4.69) is 4.74 Å². The van der Waals surface area contributed by atoms with Gasteiger partial charge >= 0.3 is 6.11 Å². The maximum Gasteiger partial charge on any atom is 0.432 e. The van der Waals surface area contributed by atoms with Gasteiger partial charge in [-0.25, -0.2) is 17.6 Å². The predicted octanol–water partition coefficient (Wildman–Crippen LogP) is 5.94. The van der Waals surface area contributed by atoms with Gasteiger partial charge in [0.2, 0.25) is 0 Å². The van der Waals surface area contributed by atoms with Crippen LogP contribution < -0.4 is 18.9 Å². The molecule has 0 radical (unpaired) electrons. The van der Waals surface area contributed by atoms with Gasteiger partial charge in [0.05, 0.1) is 26.9 Å². The molecule has 0 saturated carbocycles. The molecule has 0 aliphatic heterocycles. The first-order chi connectivity index (χ1) is 16.1. The predicted molar refractivity (Wildman–Crippen MR) is 107 cm³/mol. The molecule has 0 fully saturated rings. The second-order valence-electron chi connectivity index (χ2n) is 6.71. The Bertz CT molecular complexity index is 1220. The van der Waals surface area contributed by atoms with Crippen molar-refractivity contribution in [1.29, 1.82) is 5.26 Å². The molecule has 0 atom stereocenters. The first kappa shape index (κ1) is 24.6. The second kappa shape index (κ2) is 9.43. The highest BCUT2D eigenvalue weighted by atomic mass is 19.3. The molecule has 0 saturated heterocycles. The second-order valence-corrected chi connectivity index (χ2v) is 6.71. The number of rotatable bonds is 7. The van der Waals surface area contributed by atoms with E-state index in [1.807, 2.05) is 0 Å². The van der Waals surface area contributed by atoms with Gasteiger partial charge in [0.15, 0.2) is 0 Å². The highest BCUT2D eigenvalue weighted by Gasteiger charge is 2.42. The van der Waals surface area contributed by atoms with E-state index < -0.39 is 46.3 Å². The lowest BCUT2D eigenvalue weighted by atomic mass is 10.00. The summed E-state index contributed by atoms with van der Waals surface area (Å²) in [6.45, 7) is 0. The number of nitrogens with zero attached hydrogens (tertiary/aromatic N) is 1. The summed E-state index contributed by atoms with van der Waals surface area (Å²) < 4.78 is 106. The lowest BCUT2D eigenvalue weighted by Gasteiger charge is -2.21. The zero-order valence-corrected chi connectivity index (χ0v) is 17.8. The van der Waals surface area contributed by atoms with Gasteiger partial charge in [-0.05, 0) is 17.7 Å². The van der Waals surface area contributed by atoms with Gasteiger partial charge in [0.25, 0.3) is 0 Å². The SMILES string of the molecule is COc1cc(OC)c(-c2cc(F)c(C(F)(F)Oc3cc(F)c(C#N)c(F)c3)c(F)c2)c(OC)c1. The third kappa shape index (κ3) is 4.52. The zero-order chi connectivity index (χ0) is 25.2. The normalized spacial score (nSPS) is 11.1.